The van der Waals surface area contributed by atoms with Gasteiger partial charge in [0, 0.05) is 5.92 Å². The zero-order chi connectivity index (χ0) is 15.9. The van der Waals surface area contributed by atoms with Crippen LogP contribution in [0.5, 0.6) is 5.75 Å². The van der Waals surface area contributed by atoms with Crippen LogP contribution in [0.15, 0.2) is 53.6 Å². The van der Waals surface area contributed by atoms with Crippen molar-refractivity contribution in [1.29, 1.82) is 0 Å². The topological polar surface area (TPSA) is 38.7 Å². The van der Waals surface area contributed by atoms with Crippen LogP contribution in [0.25, 0.3) is 0 Å². The molecule has 0 spiro atoms. The van der Waals surface area contributed by atoms with Gasteiger partial charge in [-0.25, -0.2) is 0 Å². The van der Waals surface area contributed by atoms with Gasteiger partial charge in [0.25, 0.3) is 0 Å². The first kappa shape index (κ1) is 16.8. The summed E-state index contributed by atoms with van der Waals surface area (Å²) in [5.41, 5.74) is 3.94. The molecular formula is C19H26O3. The maximum Gasteiger partial charge on any atom is 0.119 e. The Morgan fingerprint density at radius 2 is 2.05 bits per heavy atom. The molecule has 2 rings (SSSR count). The lowest BCUT2D eigenvalue weighted by molar-refractivity contribution is 0.0183. The Labute approximate surface area is 133 Å². The Kier molecular flexibility index (Phi) is 6.22. The first-order valence-electron chi connectivity index (χ1n) is 7.85. The van der Waals surface area contributed by atoms with E-state index in [9.17, 15) is 5.11 Å². The molecule has 0 saturated heterocycles. The van der Waals surface area contributed by atoms with Crippen molar-refractivity contribution >= 4 is 0 Å². The molecule has 2 atom stereocenters. The summed E-state index contributed by atoms with van der Waals surface area (Å²) in [6, 6.07) is 9.49. The van der Waals surface area contributed by atoms with Gasteiger partial charge >= 0.3 is 0 Å². The third-order valence-corrected chi connectivity index (χ3v) is 4.13. The van der Waals surface area contributed by atoms with E-state index in [1.807, 2.05) is 30.3 Å². The van der Waals surface area contributed by atoms with Crippen molar-refractivity contribution < 1.29 is 14.6 Å². The third kappa shape index (κ3) is 4.72. The predicted molar refractivity (Wildman–Crippen MR) is 89.0 cm³/mol. The third-order valence-electron chi connectivity index (χ3n) is 4.13. The highest BCUT2D eigenvalue weighted by Gasteiger charge is 2.23. The molecule has 1 aliphatic rings. The predicted octanol–water partition coefficient (Wildman–Crippen LogP) is 3.75. The Morgan fingerprint density at radius 3 is 2.73 bits per heavy atom. The Balaban J connectivity index is 1.71. The van der Waals surface area contributed by atoms with Crippen molar-refractivity contribution in [3.63, 3.8) is 0 Å². The highest BCUT2D eigenvalue weighted by Crippen LogP contribution is 2.35. The molecule has 0 heterocycles. The standard InChI is InChI=1S/C19H26O3/c1-14(2)18-10-9-15(3)19(18)13-21-11-16(20)12-22-17-7-5-4-6-8-17/h4-8,16,18,20H,1,9-13H2,2-3H3/t16-,18+/m1/s1. The fourth-order valence-corrected chi connectivity index (χ4v) is 2.82. The van der Waals surface area contributed by atoms with Gasteiger partial charge in [-0.2, -0.15) is 0 Å². The smallest absolute Gasteiger partial charge is 0.119 e. The maximum atomic E-state index is 9.94. The monoisotopic (exact) mass is 302 g/mol. The number of allylic oxidation sites excluding steroid dienone is 2. The molecule has 22 heavy (non-hydrogen) atoms. The average Bonchev–Trinajstić information content (AvgIpc) is 2.88. The molecule has 0 saturated carbocycles. The Bertz CT molecular complexity index is 519. The molecule has 120 valence electrons. The molecule has 1 N–H and O–H groups in total. The number of rotatable bonds is 8. The van der Waals surface area contributed by atoms with Gasteiger partial charge in [0.2, 0.25) is 0 Å². The number of benzene rings is 1. The second kappa shape index (κ2) is 8.16. The highest BCUT2D eigenvalue weighted by atomic mass is 16.5. The van der Waals surface area contributed by atoms with Crippen LogP contribution in [-0.2, 0) is 4.74 Å². The number of aliphatic hydroxyl groups is 1. The molecule has 1 aromatic carbocycles. The summed E-state index contributed by atoms with van der Waals surface area (Å²) >= 11 is 0. The zero-order valence-corrected chi connectivity index (χ0v) is 13.5. The molecule has 1 aromatic rings. The zero-order valence-electron chi connectivity index (χ0n) is 13.5. The summed E-state index contributed by atoms with van der Waals surface area (Å²) in [6.07, 6.45) is 1.64. The molecule has 3 nitrogen and oxygen atoms in total. The highest BCUT2D eigenvalue weighted by molar-refractivity contribution is 5.28. The molecule has 1 aliphatic carbocycles. The van der Waals surface area contributed by atoms with E-state index in [4.69, 9.17) is 9.47 Å². The van der Waals surface area contributed by atoms with E-state index in [-0.39, 0.29) is 13.2 Å². The summed E-state index contributed by atoms with van der Waals surface area (Å²) in [7, 11) is 0. The van der Waals surface area contributed by atoms with E-state index in [1.165, 1.54) is 16.7 Å². The van der Waals surface area contributed by atoms with E-state index >= 15 is 0 Å². The van der Waals surface area contributed by atoms with Crippen molar-refractivity contribution in [3.8, 4) is 5.75 Å². The largest absolute Gasteiger partial charge is 0.491 e. The van der Waals surface area contributed by atoms with Crippen molar-refractivity contribution in [2.24, 2.45) is 5.92 Å². The molecule has 0 aliphatic heterocycles. The first-order chi connectivity index (χ1) is 10.6. The van der Waals surface area contributed by atoms with Crippen molar-refractivity contribution in [1.82, 2.24) is 0 Å². The Morgan fingerprint density at radius 1 is 1.32 bits per heavy atom. The molecule has 3 heteroatoms. The average molecular weight is 302 g/mol. The molecule has 0 unspecified atom stereocenters. The minimum atomic E-state index is -0.620. The lowest BCUT2D eigenvalue weighted by Crippen LogP contribution is -2.24. The van der Waals surface area contributed by atoms with Crippen LogP contribution in [-0.4, -0.2) is 31.0 Å². The van der Waals surface area contributed by atoms with E-state index in [1.54, 1.807) is 0 Å². The summed E-state index contributed by atoms with van der Waals surface area (Å²) in [5.74, 6) is 1.20. The number of ether oxygens (including phenoxy) is 2. The summed E-state index contributed by atoms with van der Waals surface area (Å²) in [4.78, 5) is 0. The summed E-state index contributed by atoms with van der Waals surface area (Å²) in [5, 5.41) is 9.94. The van der Waals surface area contributed by atoms with E-state index < -0.39 is 6.10 Å². The van der Waals surface area contributed by atoms with E-state index in [0.717, 1.165) is 18.6 Å². The normalized spacial score (nSPS) is 19.3. The SMILES string of the molecule is C=C(C)[C@@H]1CCC(C)=C1COC[C@@H](O)COc1ccccc1. The van der Waals surface area contributed by atoms with Crippen LogP contribution in [0, 0.1) is 5.92 Å². The second-order valence-corrected chi connectivity index (χ2v) is 6.04. The number of aliphatic hydroxyl groups excluding tert-OH is 1. The van der Waals surface area contributed by atoms with Gasteiger partial charge in [-0.3, -0.25) is 0 Å². The molecular weight excluding hydrogens is 276 g/mol. The van der Waals surface area contributed by atoms with Crippen molar-refractivity contribution in [2.75, 3.05) is 19.8 Å². The van der Waals surface area contributed by atoms with Gasteiger partial charge in [-0.15, -0.1) is 0 Å². The van der Waals surface area contributed by atoms with Gasteiger partial charge < -0.3 is 14.6 Å². The lowest BCUT2D eigenvalue weighted by atomic mass is 9.95. The summed E-state index contributed by atoms with van der Waals surface area (Å²) < 4.78 is 11.2. The number of para-hydroxylation sites is 1. The maximum absolute atomic E-state index is 9.94. The minimum absolute atomic E-state index is 0.242. The quantitative estimate of drug-likeness (QED) is 0.743. The van der Waals surface area contributed by atoms with Gasteiger partial charge in [0.1, 0.15) is 18.5 Å². The van der Waals surface area contributed by atoms with Crippen LogP contribution in [0.2, 0.25) is 0 Å². The first-order valence-corrected chi connectivity index (χ1v) is 7.85. The van der Waals surface area contributed by atoms with Gasteiger partial charge in [-0.05, 0) is 44.4 Å². The molecule has 0 bridgehead atoms. The number of hydrogen-bond acceptors (Lipinski definition) is 3. The van der Waals surface area contributed by atoms with Crippen molar-refractivity contribution in [3.05, 3.63) is 53.6 Å². The van der Waals surface area contributed by atoms with E-state index in [0.29, 0.717) is 12.5 Å². The van der Waals surface area contributed by atoms with Crippen LogP contribution in [0.1, 0.15) is 26.7 Å². The molecule has 0 radical (unpaired) electrons. The molecule has 0 aromatic heterocycles. The van der Waals surface area contributed by atoms with Crippen LogP contribution in [0.3, 0.4) is 0 Å². The Hall–Kier alpha value is -1.58. The fraction of sp³-hybridized carbons (Fsp3) is 0.474. The van der Waals surface area contributed by atoms with Gasteiger partial charge in [0.15, 0.2) is 0 Å². The van der Waals surface area contributed by atoms with Gasteiger partial charge in [0.05, 0.1) is 13.2 Å². The van der Waals surface area contributed by atoms with Crippen LogP contribution in [0.4, 0.5) is 0 Å². The minimum Gasteiger partial charge on any atom is -0.491 e. The fourth-order valence-electron chi connectivity index (χ4n) is 2.82. The number of hydrogen-bond donors (Lipinski definition) is 1. The summed E-state index contributed by atoms with van der Waals surface area (Å²) in [6.45, 7) is 9.41. The van der Waals surface area contributed by atoms with Crippen LogP contribution >= 0.6 is 0 Å². The molecule has 0 fully saturated rings. The second-order valence-electron chi connectivity index (χ2n) is 6.04. The van der Waals surface area contributed by atoms with E-state index in [2.05, 4.69) is 20.4 Å². The van der Waals surface area contributed by atoms with Crippen molar-refractivity contribution in [2.45, 2.75) is 32.8 Å². The van der Waals surface area contributed by atoms with Gasteiger partial charge in [-0.1, -0.05) is 35.9 Å². The lowest BCUT2D eigenvalue weighted by Gasteiger charge is -2.17. The molecule has 0 amide bonds. The van der Waals surface area contributed by atoms with Crippen LogP contribution < -0.4 is 4.74 Å².